The molecule has 0 radical (unpaired) electrons. The molecule has 1 heterocycles. The van der Waals surface area contributed by atoms with Crippen molar-refractivity contribution < 1.29 is 18.8 Å². The molecule has 0 aliphatic carbocycles. The van der Waals surface area contributed by atoms with Gasteiger partial charge in [-0.05, 0) is 46.2 Å². The second-order valence-electron chi connectivity index (χ2n) is 6.97. The Kier molecular flexibility index (Phi) is 5.42. The predicted molar refractivity (Wildman–Crippen MR) is 94.5 cm³/mol. The number of terminal acetylenes is 1. The van der Waals surface area contributed by atoms with E-state index < -0.39 is 18.3 Å². The second-order valence-corrected chi connectivity index (χ2v) is 6.97. The standard InChI is InChI=1S/C19H25BO4/c1-7-14-11-9-10-12-15(14)16(13-17(21)22-8-2)20-23-18(3,4)19(5,6)24-20/h1,9-12,16H,8,13H2,2-6H3. The number of rotatable bonds is 5. The number of esters is 1. The van der Waals surface area contributed by atoms with Gasteiger partial charge in [-0.3, -0.25) is 4.79 Å². The Labute approximate surface area is 145 Å². The Balaban J connectivity index is 2.38. The summed E-state index contributed by atoms with van der Waals surface area (Å²) in [5, 5.41) is 0. The molecule has 0 N–H and O–H groups in total. The summed E-state index contributed by atoms with van der Waals surface area (Å²) in [4.78, 5) is 12.1. The first-order valence-electron chi connectivity index (χ1n) is 8.28. The molecule has 1 fully saturated rings. The smallest absolute Gasteiger partial charge is 0.466 e. The molecule has 1 aromatic rings. The van der Waals surface area contributed by atoms with Gasteiger partial charge < -0.3 is 14.0 Å². The molecule has 1 aliphatic heterocycles. The summed E-state index contributed by atoms with van der Waals surface area (Å²) in [5.41, 5.74) is 0.652. The van der Waals surface area contributed by atoms with Crippen molar-refractivity contribution in [3.8, 4) is 12.3 Å². The molecule has 0 saturated carbocycles. The summed E-state index contributed by atoms with van der Waals surface area (Å²) in [6.45, 7) is 10.1. The van der Waals surface area contributed by atoms with Crippen LogP contribution in [-0.4, -0.2) is 30.9 Å². The largest absolute Gasteiger partial charge is 0.466 e. The van der Waals surface area contributed by atoms with Crippen molar-refractivity contribution in [1.29, 1.82) is 0 Å². The van der Waals surface area contributed by atoms with E-state index >= 15 is 0 Å². The number of hydrogen-bond donors (Lipinski definition) is 0. The summed E-state index contributed by atoms with van der Waals surface area (Å²) in [6.07, 6.45) is 5.79. The topological polar surface area (TPSA) is 44.8 Å². The van der Waals surface area contributed by atoms with Crippen molar-refractivity contribution in [1.82, 2.24) is 0 Å². The van der Waals surface area contributed by atoms with Crippen molar-refractivity contribution in [3.63, 3.8) is 0 Å². The molecule has 0 bridgehead atoms. The SMILES string of the molecule is C#Cc1ccccc1C(CC(=O)OCC)B1OC(C)(C)C(C)(C)O1. The minimum absolute atomic E-state index is 0.156. The molecule has 128 valence electrons. The van der Waals surface area contributed by atoms with Gasteiger partial charge in [0.05, 0.1) is 24.2 Å². The lowest BCUT2D eigenvalue weighted by molar-refractivity contribution is -0.143. The Bertz CT molecular complexity index is 629. The van der Waals surface area contributed by atoms with Crippen LogP contribution in [-0.2, 0) is 18.8 Å². The minimum atomic E-state index is -0.561. The van der Waals surface area contributed by atoms with Crippen LogP contribution in [0.3, 0.4) is 0 Å². The Morgan fingerprint density at radius 2 is 1.83 bits per heavy atom. The first kappa shape index (κ1) is 18.6. The zero-order valence-corrected chi connectivity index (χ0v) is 15.1. The van der Waals surface area contributed by atoms with Gasteiger partial charge in [0.2, 0.25) is 0 Å². The number of carbonyl (C=O) groups excluding carboxylic acids is 1. The molecule has 0 amide bonds. The van der Waals surface area contributed by atoms with Gasteiger partial charge in [-0.1, -0.05) is 24.1 Å². The van der Waals surface area contributed by atoms with Crippen molar-refractivity contribution in [2.75, 3.05) is 6.61 Å². The molecule has 24 heavy (non-hydrogen) atoms. The van der Waals surface area contributed by atoms with Crippen molar-refractivity contribution >= 4 is 13.1 Å². The molecule has 5 heteroatoms. The van der Waals surface area contributed by atoms with E-state index in [1.54, 1.807) is 6.92 Å². The number of carbonyl (C=O) groups is 1. The van der Waals surface area contributed by atoms with Crippen LogP contribution in [0.1, 0.15) is 58.0 Å². The average Bonchev–Trinajstić information content (AvgIpc) is 2.73. The van der Waals surface area contributed by atoms with Crippen molar-refractivity contribution in [2.24, 2.45) is 0 Å². The first-order valence-corrected chi connectivity index (χ1v) is 8.28. The molecule has 1 atom stereocenters. The van der Waals surface area contributed by atoms with Gasteiger partial charge in [0.25, 0.3) is 0 Å². The fourth-order valence-corrected chi connectivity index (χ4v) is 2.76. The van der Waals surface area contributed by atoms with Crippen LogP contribution < -0.4 is 0 Å². The van der Waals surface area contributed by atoms with E-state index in [1.165, 1.54) is 0 Å². The van der Waals surface area contributed by atoms with Gasteiger partial charge in [0.15, 0.2) is 0 Å². The summed E-state index contributed by atoms with van der Waals surface area (Å²) >= 11 is 0. The van der Waals surface area contributed by atoms with Gasteiger partial charge in [-0.15, -0.1) is 6.42 Å². The van der Waals surface area contributed by atoms with Crippen molar-refractivity contribution in [2.45, 2.75) is 58.1 Å². The highest BCUT2D eigenvalue weighted by molar-refractivity contribution is 6.48. The third-order valence-corrected chi connectivity index (χ3v) is 4.81. The number of ether oxygens (including phenoxy) is 1. The van der Waals surface area contributed by atoms with E-state index in [9.17, 15) is 4.79 Å². The molecular formula is C19H25BO4. The zero-order chi connectivity index (χ0) is 18.0. The molecule has 1 unspecified atom stereocenters. The summed E-state index contributed by atoms with van der Waals surface area (Å²) in [5.74, 6) is 2.07. The van der Waals surface area contributed by atoms with E-state index in [0.29, 0.717) is 6.61 Å². The zero-order valence-electron chi connectivity index (χ0n) is 15.1. The van der Waals surface area contributed by atoms with Crippen LogP contribution in [0.15, 0.2) is 24.3 Å². The van der Waals surface area contributed by atoms with Crippen LogP contribution in [0, 0.1) is 12.3 Å². The van der Waals surface area contributed by atoms with Crippen LogP contribution in [0.25, 0.3) is 0 Å². The normalized spacial score (nSPS) is 19.6. The first-order chi connectivity index (χ1) is 11.2. The second kappa shape index (κ2) is 7.00. The molecule has 1 aliphatic rings. The molecule has 1 saturated heterocycles. The molecule has 0 aromatic heterocycles. The predicted octanol–water partition coefficient (Wildman–Crippen LogP) is 3.34. The van der Waals surface area contributed by atoms with Crippen LogP contribution >= 0.6 is 0 Å². The summed E-state index contributed by atoms with van der Waals surface area (Å²) < 4.78 is 17.5. The molecular weight excluding hydrogens is 303 g/mol. The number of benzene rings is 1. The van der Waals surface area contributed by atoms with E-state index in [-0.39, 0.29) is 18.2 Å². The maximum atomic E-state index is 12.1. The molecule has 0 spiro atoms. The van der Waals surface area contributed by atoms with Crippen LogP contribution in [0.4, 0.5) is 0 Å². The molecule has 2 rings (SSSR count). The Morgan fingerprint density at radius 1 is 1.25 bits per heavy atom. The van der Waals surface area contributed by atoms with Crippen LogP contribution in [0.5, 0.6) is 0 Å². The van der Waals surface area contributed by atoms with E-state index in [1.807, 2.05) is 52.0 Å². The van der Waals surface area contributed by atoms with Gasteiger partial charge in [-0.25, -0.2) is 0 Å². The number of hydrogen-bond acceptors (Lipinski definition) is 4. The van der Waals surface area contributed by atoms with E-state index in [2.05, 4.69) is 5.92 Å². The van der Waals surface area contributed by atoms with Crippen molar-refractivity contribution in [3.05, 3.63) is 35.4 Å². The lowest BCUT2D eigenvalue weighted by Crippen LogP contribution is -2.41. The Hall–Kier alpha value is -1.77. The molecule has 4 nitrogen and oxygen atoms in total. The lowest BCUT2D eigenvalue weighted by Gasteiger charge is -2.32. The summed E-state index contributed by atoms with van der Waals surface area (Å²) in [7, 11) is -0.561. The van der Waals surface area contributed by atoms with Crippen LogP contribution in [0.2, 0.25) is 0 Å². The van der Waals surface area contributed by atoms with E-state index in [4.69, 9.17) is 20.5 Å². The maximum absolute atomic E-state index is 12.1. The highest BCUT2D eigenvalue weighted by Crippen LogP contribution is 2.42. The third kappa shape index (κ3) is 3.66. The van der Waals surface area contributed by atoms with Gasteiger partial charge in [-0.2, -0.15) is 0 Å². The quantitative estimate of drug-likeness (QED) is 0.472. The minimum Gasteiger partial charge on any atom is -0.466 e. The van der Waals surface area contributed by atoms with Gasteiger partial charge in [0.1, 0.15) is 0 Å². The summed E-state index contributed by atoms with van der Waals surface area (Å²) in [6, 6.07) is 7.56. The lowest BCUT2D eigenvalue weighted by atomic mass is 9.65. The van der Waals surface area contributed by atoms with Gasteiger partial charge in [0, 0.05) is 11.4 Å². The average molecular weight is 328 g/mol. The maximum Gasteiger partial charge on any atom is 0.466 e. The Morgan fingerprint density at radius 3 is 2.38 bits per heavy atom. The third-order valence-electron chi connectivity index (χ3n) is 4.81. The highest BCUT2D eigenvalue weighted by Gasteiger charge is 2.54. The molecule has 1 aromatic carbocycles. The fourth-order valence-electron chi connectivity index (χ4n) is 2.76. The highest BCUT2D eigenvalue weighted by atomic mass is 16.7. The monoisotopic (exact) mass is 328 g/mol. The van der Waals surface area contributed by atoms with Gasteiger partial charge >= 0.3 is 13.1 Å². The fraction of sp³-hybridized carbons (Fsp3) is 0.526. The van der Waals surface area contributed by atoms with E-state index in [0.717, 1.165) is 11.1 Å².